The highest BCUT2D eigenvalue weighted by molar-refractivity contribution is 5.83. The molecule has 0 aliphatic carbocycles. The van der Waals surface area contributed by atoms with E-state index in [1.54, 1.807) is 6.08 Å². The SMILES string of the molecule is COC#C/C(=C\C=C/C(=O)O)c1ccccc1. The molecule has 1 rings (SSSR count). The molecule has 3 heteroatoms. The Morgan fingerprint density at radius 3 is 2.65 bits per heavy atom. The third-order valence-corrected chi connectivity index (χ3v) is 1.87. The highest BCUT2D eigenvalue weighted by Gasteiger charge is 1.95. The van der Waals surface area contributed by atoms with Crippen LogP contribution in [0.1, 0.15) is 5.56 Å². The molecule has 0 heterocycles. The molecule has 1 aromatic carbocycles. The Labute approximate surface area is 100 Å². The lowest BCUT2D eigenvalue weighted by Crippen LogP contribution is -1.85. The van der Waals surface area contributed by atoms with Crippen LogP contribution in [0.3, 0.4) is 0 Å². The monoisotopic (exact) mass is 228 g/mol. The lowest BCUT2D eigenvalue weighted by Gasteiger charge is -1.97. The zero-order valence-electron chi connectivity index (χ0n) is 9.38. The van der Waals surface area contributed by atoms with Gasteiger partial charge in [-0.1, -0.05) is 36.4 Å². The molecule has 1 N–H and O–H groups in total. The van der Waals surface area contributed by atoms with Crippen molar-refractivity contribution in [2.24, 2.45) is 0 Å². The molecule has 0 fully saturated rings. The highest BCUT2D eigenvalue weighted by atomic mass is 16.5. The average Bonchev–Trinajstić information content (AvgIpc) is 2.34. The molecule has 86 valence electrons. The Morgan fingerprint density at radius 2 is 2.06 bits per heavy atom. The van der Waals surface area contributed by atoms with Gasteiger partial charge in [-0.3, -0.25) is 0 Å². The van der Waals surface area contributed by atoms with E-state index in [0.717, 1.165) is 11.6 Å². The molecule has 0 aliphatic heterocycles. The van der Waals surface area contributed by atoms with Crippen molar-refractivity contribution in [2.45, 2.75) is 0 Å². The summed E-state index contributed by atoms with van der Waals surface area (Å²) in [5.41, 5.74) is 1.61. The van der Waals surface area contributed by atoms with Crippen molar-refractivity contribution in [1.29, 1.82) is 0 Å². The van der Waals surface area contributed by atoms with E-state index in [2.05, 4.69) is 16.8 Å². The number of methoxy groups -OCH3 is 1. The van der Waals surface area contributed by atoms with Crippen molar-refractivity contribution in [1.82, 2.24) is 0 Å². The Bertz CT molecular complexity index is 487. The average molecular weight is 228 g/mol. The van der Waals surface area contributed by atoms with Crippen molar-refractivity contribution < 1.29 is 14.6 Å². The maximum atomic E-state index is 10.4. The summed E-state index contributed by atoms with van der Waals surface area (Å²) in [5.74, 6) is 1.81. The van der Waals surface area contributed by atoms with Crippen LogP contribution in [0.4, 0.5) is 0 Å². The van der Waals surface area contributed by atoms with E-state index < -0.39 is 5.97 Å². The fourth-order valence-corrected chi connectivity index (χ4v) is 1.16. The number of allylic oxidation sites excluding steroid dienone is 3. The van der Waals surface area contributed by atoms with Gasteiger partial charge < -0.3 is 9.84 Å². The molecule has 0 saturated heterocycles. The molecule has 0 aromatic heterocycles. The van der Waals surface area contributed by atoms with Crippen molar-refractivity contribution in [3.8, 4) is 12.0 Å². The van der Waals surface area contributed by atoms with E-state index in [-0.39, 0.29) is 0 Å². The van der Waals surface area contributed by atoms with Gasteiger partial charge in [0.1, 0.15) is 6.11 Å². The number of hydrogen-bond acceptors (Lipinski definition) is 2. The number of carboxylic acid groups (broad SMARTS) is 1. The first kappa shape index (κ1) is 12.6. The molecule has 0 radical (unpaired) electrons. The number of aliphatic carboxylic acids is 1. The standard InChI is InChI=1S/C14H12O3/c1-17-11-10-13(8-5-9-14(15)16)12-6-3-2-4-7-12/h2-9H,1H3,(H,15,16)/b9-5-,13-8+. The van der Waals surface area contributed by atoms with E-state index in [9.17, 15) is 4.79 Å². The largest absolute Gasteiger partial charge is 0.478 e. The van der Waals surface area contributed by atoms with Gasteiger partial charge in [0.2, 0.25) is 0 Å². The number of benzene rings is 1. The van der Waals surface area contributed by atoms with Crippen molar-refractivity contribution in [3.63, 3.8) is 0 Å². The summed E-state index contributed by atoms with van der Waals surface area (Å²) in [5, 5.41) is 8.50. The summed E-state index contributed by atoms with van der Waals surface area (Å²) >= 11 is 0. The van der Waals surface area contributed by atoms with Crippen LogP contribution in [-0.4, -0.2) is 18.2 Å². The minimum Gasteiger partial charge on any atom is -0.478 e. The molecule has 0 unspecified atom stereocenters. The van der Waals surface area contributed by atoms with E-state index in [4.69, 9.17) is 5.11 Å². The van der Waals surface area contributed by atoms with Gasteiger partial charge >= 0.3 is 5.97 Å². The lowest BCUT2D eigenvalue weighted by molar-refractivity contribution is -0.131. The normalized spacial score (nSPS) is 10.8. The first-order valence-electron chi connectivity index (χ1n) is 4.94. The first-order valence-corrected chi connectivity index (χ1v) is 4.94. The second-order valence-electron chi connectivity index (χ2n) is 3.07. The number of carboxylic acids is 1. The third kappa shape index (κ3) is 4.72. The van der Waals surface area contributed by atoms with Gasteiger partial charge in [-0.2, -0.15) is 0 Å². The van der Waals surface area contributed by atoms with Gasteiger partial charge in [-0.25, -0.2) is 4.79 Å². The first-order chi connectivity index (χ1) is 8.24. The number of carbonyl (C=O) groups is 1. The second-order valence-corrected chi connectivity index (χ2v) is 3.07. The quantitative estimate of drug-likeness (QED) is 0.490. The van der Waals surface area contributed by atoms with Gasteiger partial charge in [-0.15, -0.1) is 0 Å². The summed E-state index contributed by atoms with van der Waals surface area (Å²) < 4.78 is 4.68. The fraction of sp³-hybridized carbons (Fsp3) is 0.0714. The predicted octanol–water partition coefficient (Wildman–Crippen LogP) is 2.32. The predicted molar refractivity (Wildman–Crippen MR) is 66.0 cm³/mol. The van der Waals surface area contributed by atoms with Crippen LogP contribution in [0.25, 0.3) is 5.57 Å². The summed E-state index contributed by atoms with van der Waals surface area (Å²) in [6.07, 6.45) is 6.61. The maximum Gasteiger partial charge on any atom is 0.328 e. The molecular weight excluding hydrogens is 216 g/mol. The van der Waals surface area contributed by atoms with Gasteiger partial charge in [0, 0.05) is 11.6 Å². The minimum absolute atomic E-state index is 0.699. The topological polar surface area (TPSA) is 46.5 Å². The summed E-state index contributed by atoms with van der Waals surface area (Å²) in [6, 6.07) is 9.46. The van der Waals surface area contributed by atoms with Gasteiger partial charge in [0.15, 0.2) is 0 Å². The fourth-order valence-electron chi connectivity index (χ4n) is 1.16. The molecule has 17 heavy (non-hydrogen) atoms. The van der Waals surface area contributed by atoms with Crippen LogP contribution >= 0.6 is 0 Å². The van der Waals surface area contributed by atoms with Gasteiger partial charge in [0.25, 0.3) is 0 Å². The molecule has 0 amide bonds. The molecule has 0 saturated carbocycles. The molecule has 0 aliphatic rings. The van der Waals surface area contributed by atoms with E-state index in [1.807, 2.05) is 30.3 Å². The van der Waals surface area contributed by atoms with Crippen molar-refractivity contribution >= 4 is 11.5 Å². The Kier molecular flexibility index (Phi) is 5.12. The molecule has 1 aromatic rings. The highest BCUT2D eigenvalue weighted by Crippen LogP contribution is 2.12. The molecule has 0 atom stereocenters. The van der Waals surface area contributed by atoms with Crippen LogP contribution in [0, 0.1) is 12.0 Å². The third-order valence-electron chi connectivity index (χ3n) is 1.87. The smallest absolute Gasteiger partial charge is 0.328 e. The van der Waals surface area contributed by atoms with Gasteiger partial charge in [-0.05, 0) is 17.6 Å². The van der Waals surface area contributed by atoms with Crippen LogP contribution in [-0.2, 0) is 9.53 Å². The maximum absolute atomic E-state index is 10.4. The van der Waals surface area contributed by atoms with Gasteiger partial charge in [0.05, 0.1) is 7.11 Å². The zero-order chi connectivity index (χ0) is 12.5. The Hall–Kier alpha value is -2.47. The van der Waals surface area contributed by atoms with E-state index in [1.165, 1.54) is 13.2 Å². The summed E-state index contributed by atoms with van der Waals surface area (Å²) in [4.78, 5) is 10.4. The number of hydrogen-bond donors (Lipinski definition) is 1. The van der Waals surface area contributed by atoms with Crippen LogP contribution < -0.4 is 0 Å². The molecule has 0 bridgehead atoms. The van der Waals surface area contributed by atoms with Crippen LogP contribution in [0.2, 0.25) is 0 Å². The minimum atomic E-state index is -0.992. The Balaban J connectivity index is 3.00. The molecule has 3 nitrogen and oxygen atoms in total. The summed E-state index contributed by atoms with van der Waals surface area (Å²) in [7, 11) is 1.47. The Morgan fingerprint density at radius 1 is 1.35 bits per heavy atom. The van der Waals surface area contributed by atoms with E-state index >= 15 is 0 Å². The van der Waals surface area contributed by atoms with Crippen molar-refractivity contribution in [3.05, 3.63) is 54.1 Å². The van der Waals surface area contributed by atoms with Crippen LogP contribution in [0.5, 0.6) is 0 Å². The van der Waals surface area contributed by atoms with Crippen LogP contribution in [0.15, 0.2) is 48.6 Å². The zero-order valence-corrected chi connectivity index (χ0v) is 9.38. The van der Waals surface area contributed by atoms with E-state index in [0.29, 0.717) is 5.57 Å². The summed E-state index contributed by atoms with van der Waals surface area (Å²) in [6.45, 7) is 0. The number of ether oxygens (including phenoxy) is 1. The number of rotatable bonds is 3. The molecule has 0 spiro atoms. The van der Waals surface area contributed by atoms with Crippen molar-refractivity contribution in [2.75, 3.05) is 7.11 Å². The lowest BCUT2D eigenvalue weighted by atomic mass is 10.1. The second kappa shape index (κ2) is 6.91. The molecular formula is C14H12O3.